The number of hydrogen-bond donors (Lipinski definition) is 3. The Morgan fingerprint density at radius 2 is 2.62 bits per heavy atom. The number of hydrogen-bond acceptors (Lipinski definition) is 4. The quantitative estimate of drug-likeness (QED) is 0.577. The largest absolute Gasteiger partial charge is 0.389 e. The molecule has 5 heteroatoms. The molecule has 13 heavy (non-hydrogen) atoms. The van der Waals surface area contributed by atoms with Crippen molar-refractivity contribution in [2.75, 3.05) is 13.2 Å². The van der Waals surface area contributed by atoms with E-state index in [1.165, 1.54) is 0 Å². The summed E-state index contributed by atoms with van der Waals surface area (Å²) in [6.45, 7) is 1.70. The van der Waals surface area contributed by atoms with E-state index in [2.05, 4.69) is 15.3 Å². The maximum Gasteiger partial charge on any atom is 0.0948 e. The molecule has 0 aliphatic carbocycles. The summed E-state index contributed by atoms with van der Waals surface area (Å²) < 4.78 is 5.10. The Balaban J connectivity index is 1.79. The molecule has 2 rings (SSSR count). The Bertz CT molecular complexity index is 250. The number of aromatic amines is 1. The summed E-state index contributed by atoms with van der Waals surface area (Å²) in [7, 11) is 0. The fourth-order valence-corrected chi connectivity index (χ4v) is 1.36. The van der Waals surface area contributed by atoms with E-state index in [9.17, 15) is 5.11 Å². The predicted octanol–water partition coefficient (Wildman–Crippen LogP) is -0.741. The van der Waals surface area contributed by atoms with Crippen LogP contribution in [-0.2, 0) is 11.3 Å². The number of H-pyrrole nitrogens is 1. The molecule has 2 atom stereocenters. The second-order valence-electron chi connectivity index (χ2n) is 3.17. The molecular weight excluding hydrogens is 170 g/mol. The van der Waals surface area contributed by atoms with Crippen molar-refractivity contribution in [3.8, 4) is 0 Å². The molecule has 1 aromatic rings. The minimum absolute atomic E-state index is 0.0447. The van der Waals surface area contributed by atoms with E-state index in [-0.39, 0.29) is 12.1 Å². The van der Waals surface area contributed by atoms with Crippen LogP contribution in [0.1, 0.15) is 5.69 Å². The molecule has 1 saturated heterocycles. The van der Waals surface area contributed by atoms with E-state index in [0.717, 1.165) is 5.69 Å². The molecule has 2 heterocycles. The molecule has 5 nitrogen and oxygen atoms in total. The summed E-state index contributed by atoms with van der Waals surface area (Å²) in [6.07, 6.45) is 3.01. The lowest BCUT2D eigenvalue weighted by atomic mass is 10.2. The normalized spacial score (nSPS) is 28.1. The van der Waals surface area contributed by atoms with Crippen molar-refractivity contribution in [2.45, 2.75) is 18.7 Å². The van der Waals surface area contributed by atoms with Crippen molar-refractivity contribution >= 4 is 0 Å². The van der Waals surface area contributed by atoms with Crippen LogP contribution < -0.4 is 5.32 Å². The average molecular weight is 183 g/mol. The van der Waals surface area contributed by atoms with E-state index in [4.69, 9.17) is 4.74 Å². The Labute approximate surface area is 76.1 Å². The lowest BCUT2D eigenvalue weighted by Gasteiger charge is -2.13. The summed E-state index contributed by atoms with van der Waals surface area (Å²) in [5.41, 5.74) is 1.01. The van der Waals surface area contributed by atoms with Crippen LogP contribution in [0, 0.1) is 0 Å². The van der Waals surface area contributed by atoms with E-state index >= 15 is 0 Å². The summed E-state index contributed by atoms with van der Waals surface area (Å²) in [4.78, 5) is 6.88. The fourth-order valence-electron chi connectivity index (χ4n) is 1.36. The first-order valence-electron chi connectivity index (χ1n) is 4.32. The van der Waals surface area contributed by atoms with Crippen LogP contribution in [0.5, 0.6) is 0 Å². The molecule has 1 aliphatic heterocycles. The van der Waals surface area contributed by atoms with Crippen LogP contribution in [0.25, 0.3) is 0 Å². The molecule has 0 radical (unpaired) electrons. The van der Waals surface area contributed by atoms with Crippen LogP contribution in [0.3, 0.4) is 0 Å². The summed E-state index contributed by atoms with van der Waals surface area (Å²) in [5, 5.41) is 12.6. The van der Waals surface area contributed by atoms with E-state index in [1.807, 2.05) is 0 Å². The standard InChI is InChI=1S/C8H13N3O2/c12-8-4-13-3-7(8)10-2-6-1-9-5-11-6/h1,5,7-8,10,12H,2-4H2,(H,9,11). The first-order chi connectivity index (χ1) is 6.36. The lowest BCUT2D eigenvalue weighted by Crippen LogP contribution is -2.38. The number of aliphatic hydroxyl groups is 1. The smallest absolute Gasteiger partial charge is 0.0948 e. The van der Waals surface area contributed by atoms with Crippen LogP contribution in [-0.4, -0.2) is 40.4 Å². The molecule has 1 fully saturated rings. The molecule has 2 unspecified atom stereocenters. The van der Waals surface area contributed by atoms with Gasteiger partial charge >= 0.3 is 0 Å². The second kappa shape index (κ2) is 3.87. The molecule has 3 N–H and O–H groups in total. The predicted molar refractivity (Wildman–Crippen MR) is 46.0 cm³/mol. The van der Waals surface area contributed by atoms with Crippen LogP contribution in [0.2, 0.25) is 0 Å². The van der Waals surface area contributed by atoms with Gasteiger partial charge in [0.1, 0.15) is 0 Å². The molecule has 0 aromatic carbocycles. The maximum atomic E-state index is 9.40. The van der Waals surface area contributed by atoms with Crippen LogP contribution in [0.4, 0.5) is 0 Å². The van der Waals surface area contributed by atoms with Gasteiger partial charge in [0, 0.05) is 18.4 Å². The van der Waals surface area contributed by atoms with Gasteiger partial charge in [-0.15, -0.1) is 0 Å². The zero-order chi connectivity index (χ0) is 9.10. The van der Waals surface area contributed by atoms with Crippen molar-refractivity contribution in [3.05, 3.63) is 18.2 Å². The minimum atomic E-state index is -0.386. The third-order valence-corrected chi connectivity index (χ3v) is 2.16. The number of aromatic nitrogens is 2. The molecule has 0 bridgehead atoms. The Morgan fingerprint density at radius 1 is 1.69 bits per heavy atom. The first kappa shape index (κ1) is 8.68. The zero-order valence-electron chi connectivity index (χ0n) is 7.23. The highest BCUT2D eigenvalue weighted by molar-refractivity contribution is 4.94. The Morgan fingerprint density at radius 3 is 3.23 bits per heavy atom. The van der Waals surface area contributed by atoms with Gasteiger partial charge < -0.3 is 20.1 Å². The van der Waals surface area contributed by atoms with E-state index in [0.29, 0.717) is 19.8 Å². The monoisotopic (exact) mass is 183 g/mol. The van der Waals surface area contributed by atoms with E-state index < -0.39 is 0 Å². The van der Waals surface area contributed by atoms with Gasteiger partial charge in [0.2, 0.25) is 0 Å². The van der Waals surface area contributed by atoms with Gasteiger partial charge in [0.25, 0.3) is 0 Å². The summed E-state index contributed by atoms with van der Waals surface area (Å²) >= 11 is 0. The van der Waals surface area contributed by atoms with Gasteiger partial charge in [-0.3, -0.25) is 0 Å². The minimum Gasteiger partial charge on any atom is -0.389 e. The van der Waals surface area contributed by atoms with Crippen LogP contribution in [0.15, 0.2) is 12.5 Å². The first-order valence-corrected chi connectivity index (χ1v) is 4.32. The van der Waals surface area contributed by atoms with Gasteiger partial charge in [-0.1, -0.05) is 0 Å². The molecule has 0 amide bonds. The molecule has 1 aromatic heterocycles. The van der Waals surface area contributed by atoms with Crippen molar-refractivity contribution in [3.63, 3.8) is 0 Å². The molecule has 0 spiro atoms. The maximum absolute atomic E-state index is 9.40. The lowest BCUT2D eigenvalue weighted by molar-refractivity contribution is 0.122. The van der Waals surface area contributed by atoms with Gasteiger partial charge in [0.15, 0.2) is 0 Å². The highest BCUT2D eigenvalue weighted by atomic mass is 16.5. The van der Waals surface area contributed by atoms with Crippen LogP contribution >= 0.6 is 0 Å². The summed E-state index contributed by atoms with van der Waals surface area (Å²) in [6, 6.07) is 0.0447. The molecule has 1 aliphatic rings. The molecule has 0 saturated carbocycles. The fraction of sp³-hybridized carbons (Fsp3) is 0.625. The number of aliphatic hydroxyl groups excluding tert-OH is 1. The van der Waals surface area contributed by atoms with Crippen molar-refractivity contribution in [1.29, 1.82) is 0 Å². The number of ether oxygens (including phenoxy) is 1. The molecular formula is C8H13N3O2. The van der Waals surface area contributed by atoms with Gasteiger partial charge in [-0.2, -0.15) is 0 Å². The Kier molecular flexibility index (Phi) is 2.58. The van der Waals surface area contributed by atoms with Gasteiger partial charge in [-0.05, 0) is 0 Å². The SMILES string of the molecule is OC1COCC1NCc1cnc[nH]1. The second-order valence-corrected chi connectivity index (χ2v) is 3.17. The highest BCUT2D eigenvalue weighted by Gasteiger charge is 2.25. The highest BCUT2D eigenvalue weighted by Crippen LogP contribution is 2.05. The number of nitrogens with zero attached hydrogens (tertiary/aromatic N) is 1. The average Bonchev–Trinajstić information content (AvgIpc) is 2.72. The topological polar surface area (TPSA) is 70.2 Å². The van der Waals surface area contributed by atoms with E-state index in [1.54, 1.807) is 12.5 Å². The zero-order valence-corrected chi connectivity index (χ0v) is 7.23. The van der Waals surface area contributed by atoms with Crippen molar-refractivity contribution in [1.82, 2.24) is 15.3 Å². The number of nitrogens with one attached hydrogen (secondary N) is 2. The third-order valence-electron chi connectivity index (χ3n) is 2.16. The van der Waals surface area contributed by atoms with Gasteiger partial charge in [-0.25, -0.2) is 4.98 Å². The molecule has 72 valence electrons. The third kappa shape index (κ3) is 2.06. The van der Waals surface area contributed by atoms with Crippen molar-refractivity contribution in [2.24, 2.45) is 0 Å². The Hall–Kier alpha value is -0.910. The van der Waals surface area contributed by atoms with Crippen molar-refractivity contribution < 1.29 is 9.84 Å². The number of rotatable bonds is 3. The summed E-state index contributed by atoms with van der Waals surface area (Å²) in [5.74, 6) is 0. The van der Waals surface area contributed by atoms with Gasteiger partial charge in [0.05, 0.1) is 31.7 Å². The number of imidazole rings is 1.